The number of nitrogens with one attached hydrogen (secondary N) is 1. The van der Waals surface area contributed by atoms with Gasteiger partial charge in [-0.15, -0.1) is 0 Å². The van der Waals surface area contributed by atoms with Crippen molar-refractivity contribution in [1.29, 1.82) is 0 Å². The van der Waals surface area contributed by atoms with Crippen LogP contribution in [0.15, 0.2) is 0 Å². The van der Waals surface area contributed by atoms with Gasteiger partial charge in [-0.2, -0.15) is 0 Å². The van der Waals surface area contributed by atoms with Gasteiger partial charge in [0.1, 0.15) is 0 Å². The molecule has 4 nitrogen and oxygen atoms in total. The number of ether oxygens (including phenoxy) is 1. The van der Waals surface area contributed by atoms with Crippen molar-refractivity contribution in [2.24, 2.45) is 5.92 Å². The SMILES string of the molecule is COC(=O)NC1CCC(CCO)CC1. The highest BCUT2D eigenvalue weighted by Crippen LogP contribution is 2.26. The minimum absolute atomic E-state index is 0.261. The second kappa shape index (κ2) is 5.86. The maximum atomic E-state index is 10.9. The van der Waals surface area contributed by atoms with Crippen LogP contribution < -0.4 is 5.32 Å². The Hall–Kier alpha value is -0.770. The number of aliphatic hydroxyl groups is 1. The van der Waals surface area contributed by atoms with Crippen molar-refractivity contribution in [3.63, 3.8) is 0 Å². The van der Waals surface area contributed by atoms with Crippen LogP contribution in [0.4, 0.5) is 4.79 Å². The summed E-state index contributed by atoms with van der Waals surface area (Å²) in [5.74, 6) is 0.635. The summed E-state index contributed by atoms with van der Waals surface area (Å²) < 4.78 is 4.54. The van der Waals surface area contributed by atoms with Crippen molar-refractivity contribution < 1.29 is 14.6 Å². The molecule has 0 aromatic rings. The first-order valence-electron chi connectivity index (χ1n) is 5.21. The molecule has 1 aliphatic carbocycles. The predicted octanol–water partition coefficient (Wildman–Crippen LogP) is 1.28. The highest BCUT2D eigenvalue weighted by Gasteiger charge is 2.21. The molecule has 0 aliphatic heterocycles. The van der Waals surface area contributed by atoms with Gasteiger partial charge in [-0.3, -0.25) is 0 Å². The Kier molecular flexibility index (Phi) is 4.73. The molecule has 0 atom stereocenters. The number of alkyl carbamates (subject to hydrolysis) is 1. The molecule has 0 aromatic carbocycles. The topological polar surface area (TPSA) is 58.6 Å². The van der Waals surface area contributed by atoms with E-state index in [1.54, 1.807) is 0 Å². The van der Waals surface area contributed by atoms with Gasteiger partial charge in [0.25, 0.3) is 0 Å². The van der Waals surface area contributed by atoms with Crippen LogP contribution in [-0.4, -0.2) is 31.0 Å². The molecule has 1 aliphatic rings. The lowest BCUT2D eigenvalue weighted by Gasteiger charge is -2.28. The summed E-state index contributed by atoms with van der Waals surface area (Å²) in [6, 6.07) is 0.261. The van der Waals surface area contributed by atoms with E-state index in [0.717, 1.165) is 32.1 Å². The van der Waals surface area contributed by atoms with Crippen LogP contribution in [0.2, 0.25) is 0 Å². The minimum atomic E-state index is -0.337. The van der Waals surface area contributed by atoms with Gasteiger partial charge in [-0.1, -0.05) is 0 Å². The van der Waals surface area contributed by atoms with E-state index in [-0.39, 0.29) is 18.7 Å². The first-order chi connectivity index (χ1) is 6.76. The van der Waals surface area contributed by atoms with Gasteiger partial charge in [0.05, 0.1) is 7.11 Å². The monoisotopic (exact) mass is 201 g/mol. The van der Waals surface area contributed by atoms with Gasteiger partial charge in [0.15, 0.2) is 0 Å². The third-order valence-corrected chi connectivity index (χ3v) is 2.89. The Labute approximate surface area is 84.6 Å². The molecule has 14 heavy (non-hydrogen) atoms. The van der Waals surface area contributed by atoms with Crippen molar-refractivity contribution in [1.82, 2.24) is 5.32 Å². The van der Waals surface area contributed by atoms with Gasteiger partial charge >= 0.3 is 6.09 Å². The molecular weight excluding hydrogens is 182 g/mol. The maximum Gasteiger partial charge on any atom is 0.407 e. The molecule has 1 rings (SSSR count). The summed E-state index contributed by atoms with van der Waals surface area (Å²) in [7, 11) is 1.38. The molecule has 82 valence electrons. The van der Waals surface area contributed by atoms with E-state index in [1.807, 2.05) is 0 Å². The standard InChI is InChI=1S/C10H19NO3/c1-14-10(13)11-9-4-2-8(3-5-9)6-7-12/h8-9,12H,2-7H2,1H3,(H,11,13). The van der Waals surface area contributed by atoms with Crippen molar-refractivity contribution in [3.8, 4) is 0 Å². The zero-order valence-electron chi connectivity index (χ0n) is 8.66. The fraction of sp³-hybridized carbons (Fsp3) is 0.900. The second-order valence-corrected chi connectivity index (χ2v) is 3.87. The predicted molar refractivity (Wildman–Crippen MR) is 53.0 cm³/mol. The van der Waals surface area contributed by atoms with Gasteiger partial charge in [0, 0.05) is 12.6 Å². The average molecular weight is 201 g/mol. The van der Waals surface area contributed by atoms with E-state index in [4.69, 9.17) is 5.11 Å². The Morgan fingerprint density at radius 3 is 2.57 bits per heavy atom. The third-order valence-electron chi connectivity index (χ3n) is 2.89. The van der Waals surface area contributed by atoms with Crippen LogP contribution in [0.25, 0.3) is 0 Å². The van der Waals surface area contributed by atoms with Crippen LogP contribution in [0.3, 0.4) is 0 Å². The third kappa shape index (κ3) is 3.54. The lowest BCUT2D eigenvalue weighted by Crippen LogP contribution is -2.37. The van der Waals surface area contributed by atoms with Crippen molar-refractivity contribution in [2.45, 2.75) is 38.1 Å². The molecule has 0 unspecified atom stereocenters. The molecule has 1 amide bonds. The zero-order chi connectivity index (χ0) is 10.4. The van der Waals surface area contributed by atoms with Gasteiger partial charge in [-0.05, 0) is 38.0 Å². The van der Waals surface area contributed by atoms with Crippen LogP contribution in [-0.2, 0) is 4.74 Å². The quantitative estimate of drug-likeness (QED) is 0.723. The summed E-state index contributed by atoms with van der Waals surface area (Å²) in [5, 5.41) is 11.6. The number of carbonyl (C=O) groups excluding carboxylic acids is 1. The molecule has 2 N–H and O–H groups in total. The largest absolute Gasteiger partial charge is 0.453 e. The molecule has 0 spiro atoms. The van der Waals surface area contributed by atoms with Crippen molar-refractivity contribution in [3.05, 3.63) is 0 Å². The van der Waals surface area contributed by atoms with Crippen LogP contribution in [0.1, 0.15) is 32.1 Å². The van der Waals surface area contributed by atoms with Gasteiger partial charge in [-0.25, -0.2) is 4.79 Å². The number of aliphatic hydroxyl groups excluding tert-OH is 1. The molecule has 0 aromatic heterocycles. The molecule has 4 heteroatoms. The molecule has 0 heterocycles. The van der Waals surface area contributed by atoms with Crippen LogP contribution in [0, 0.1) is 5.92 Å². The minimum Gasteiger partial charge on any atom is -0.453 e. The van der Waals surface area contributed by atoms with E-state index < -0.39 is 0 Å². The van der Waals surface area contributed by atoms with Crippen LogP contribution >= 0.6 is 0 Å². The second-order valence-electron chi connectivity index (χ2n) is 3.87. The summed E-state index contributed by atoms with van der Waals surface area (Å²) >= 11 is 0. The fourth-order valence-corrected chi connectivity index (χ4v) is 2.00. The first kappa shape index (κ1) is 11.3. The summed E-state index contributed by atoms with van der Waals surface area (Å²) in [5.41, 5.74) is 0. The zero-order valence-corrected chi connectivity index (χ0v) is 8.66. The number of hydrogen-bond donors (Lipinski definition) is 2. The van der Waals surface area contributed by atoms with E-state index >= 15 is 0 Å². The number of methoxy groups -OCH3 is 1. The highest BCUT2D eigenvalue weighted by atomic mass is 16.5. The smallest absolute Gasteiger partial charge is 0.407 e. The molecule has 0 saturated heterocycles. The van der Waals surface area contributed by atoms with E-state index in [0.29, 0.717) is 5.92 Å². The normalized spacial score (nSPS) is 27.0. The summed E-state index contributed by atoms with van der Waals surface area (Å²) in [6.45, 7) is 0.278. The van der Waals surface area contributed by atoms with E-state index in [1.165, 1.54) is 7.11 Å². The lowest BCUT2D eigenvalue weighted by molar-refractivity contribution is 0.157. The Balaban J connectivity index is 2.18. The van der Waals surface area contributed by atoms with Crippen molar-refractivity contribution >= 4 is 6.09 Å². The molecule has 1 saturated carbocycles. The lowest BCUT2D eigenvalue weighted by atomic mass is 9.84. The number of rotatable bonds is 3. The van der Waals surface area contributed by atoms with Crippen molar-refractivity contribution in [2.75, 3.05) is 13.7 Å². The molecule has 0 bridgehead atoms. The summed E-state index contributed by atoms with van der Waals surface area (Å²) in [6.07, 6.45) is 4.74. The van der Waals surface area contributed by atoms with E-state index in [2.05, 4.69) is 10.1 Å². The highest BCUT2D eigenvalue weighted by molar-refractivity contribution is 5.67. The van der Waals surface area contributed by atoms with Gasteiger partial charge in [0.2, 0.25) is 0 Å². The number of carbonyl (C=O) groups is 1. The fourth-order valence-electron chi connectivity index (χ4n) is 2.00. The molecule has 0 radical (unpaired) electrons. The Bertz CT molecular complexity index is 176. The molecule has 1 fully saturated rings. The Morgan fingerprint density at radius 1 is 1.43 bits per heavy atom. The number of hydrogen-bond acceptors (Lipinski definition) is 3. The summed E-state index contributed by atoms with van der Waals surface area (Å²) in [4.78, 5) is 10.9. The van der Waals surface area contributed by atoms with E-state index in [9.17, 15) is 4.79 Å². The maximum absolute atomic E-state index is 10.9. The average Bonchev–Trinajstić information content (AvgIpc) is 2.21. The first-order valence-corrected chi connectivity index (χ1v) is 5.21. The Morgan fingerprint density at radius 2 is 2.07 bits per heavy atom. The van der Waals surface area contributed by atoms with Crippen LogP contribution in [0.5, 0.6) is 0 Å². The number of amides is 1. The van der Waals surface area contributed by atoms with Gasteiger partial charge < -0.3 is 15.2 Å². The molecular formula is C10H19NO3.